The van der Waals surface area contributed by atoms with Crippen LogP contribution in [0.5, 0.6) is 0 Å². The summed E-state index contributed by atoms with van der Waals surface area (Å²) in [7, 11) is 0. The van der Waals surface area contributed by atoms with Crippen LogP contribution in [0.2, 0.25) is 0 Å². The van der Waals surface area contributed by atoms with E-state index in [0.717, 1.165) is 18.3 Å². The number of benzene rings is 1. The largest absolute Gasteiger partial charge is 0.416 e. The van der Waals surface area contributed by atoms with Gasteiger partial charge >= 0.3 is 6.18 Å². The van der Waals surface area contributed by atoms with Crippen LogP contribution in [0.4, 0.5) is 17.6 Å². The smallest absolute Gasteiger partial charge is 0.275 e. The highest BCUT2D eigenvalue weighted by Crippen LogP contribution is 2.31. The maximum Gasteiger partial charge on any atom is 0.416 e. The van der Waals surface area contributed by atoms with E-state index in [2.05, 4.69) is 15.0 Å². The molecule has 1 aromatic carbocycles. The molecule has 4 aromatic heterocycles. The number of rotatable bonds is 2. The highest BCUT2D eigenvalue weighted by Gasteiger charge is 2.30. The summed E-state index contributed by atoms with van der Waals surface area (Å²) in [5.41, 5.74) is 0.450. The van der Waals surface area contributed by atoms with Crippen molar-refractivity contribution in [1.29, 1.82) is 0 Å². The third kappa shape index (κ3) is 3.37. The van der Waals surface area contributed by atoms with Crippen LogP contribution >= 0.6 is 0 Å². The first kappa shape index (κ1) is 19.8. The first-order chi connectivity index (χ1) is 15.3. The van der Waals surface area contributed by atoms with Crippen LogP contribution in [-0.4, -0.2) is 19.5 Å². The van der Waals surface area contributed by atoms with Crippen molar-refractivity contribution in [1.82, 2.24) is 19.5 Å². The molecule has 0 aliphatic heterocycles. The molecule has 158 valence electrons. The first-order valence-electron chi connectivity index (χ1n) is 9.41. The lowest BCUT2D eigenvalue weighted by molar-refractivity contribution is -0.137. The van der Waals surface area contributed by atoms with Crippen LogP contribution in [-0.2, 0) is 6.18 Å². The van der Waals surface area contributed by atoms with Gasteiger partial charge < -0.3 is 0 Å². The number of aromatic nitrogens is 4. The molecule has 0 unspecified atom stereocenters. The van der Waals surface area contributed by atoms with E-state index < -0.39 is 23.1 Å². The van der Waals surface area contributed by atoms with Gasteiger partial charge in [0, 0.05) is 35.1 Å². The Morgan fingerprint density at radius 1 is 0.906 bits per heavy atom. The fourth-order valence-corrected chi connectivity index (χ4v) is 3.56. The molecule has 0 aliphatic carbocycles. The van der Waals surface area contributed by atoms with E-state index in [1.165, 1.54) is 47.3 Å². The molecule has 0 spiro atoms. The van der Waals surface area contributed by atoms with Gasteiger partial charge in [-0.3, -0.25) is 19.3 Å². The van der Waals surface area contributed by atoms with E-state index >= 15 is 0 Å². The Hall–Kier alpha value is -4.14. The second-order valence-electron chi connectivity index (χ2n) is 7.07. The maximum absolute atomic E-state index is 13.7. The zero-order valence-electron chi connectivity index (χ0n) is 16.1. The van der Waals surface area contributed by atoms with Crippen molar-refractivity contribution in [3.05, 3.63) is 94.9 Å². The third-order valence-electron chi connectivity index (χ3n) is 5.00. The molecule has 0 saturated heterocycles. The predicted octanol–water partition coefficient (Wildman–Crippen LogP) is 5.15. The van der Waals surface area contributed by atoms with Gasteiger partial charge in [0.05, 0.1) is 28.5 Å². The van der Waals surface area contributed by atoms with Gasteiger partial charge in [-0.05, 0) is 42.5 Å². The summed E-state index contributed by atoms with van der Waals surface area (Å²) >= 11 is 0. The van der Waals surface area contributed by atoms with Crippen molar-refractivity contribution in [3.63, 3.8) is 0 Å². The number of halogens is 4. The van der Waals surface area contributed by atoms with Crippen molar-refractivity contribution in [3.8, 4) is 16.9 Å². The lowest BCUT2D eigenvalue weighted by Crippen LogP contribution is -2.18. The molecular weight excluding hydrogens is 424 g/mol. The number of hydrogen-bond donors (Lipinski definition) is 0. The summed E-state index contributed by atoms with van der Waals surface area (Å²) in [5, 5.41) is 0.511. The molecule has 4 heterocycles. The number of nitrogens with zero attached hydrogens (tertiary/aromatic N) is 4. The van der Waals surface area contributed by atoms with Gasteiger partial charge in [0.1, 0.15) is 11.3 Å². The van der Waals surface area contributed by atoms with Gasteiger partial charge in [0.2, 0.25) is 0 Å². The van der Waals surface area contributed by atoms with Crippen molar-refractivity contribution in [2.45, 2.75) is 6.18 Å². The van der Waals surface area contributed by atoms with Crippen molar-refractivity contribution < 1.29 is 17.6 Å². The molecule has 5 aromatic rings. The summed E-state index contributed by atoms with van der Waals surface area (Å²) in [4.78, 5) is 25.5. The predicted molar refractivity (Wildman–Crippen MR) is 111 cm³/mol. The Bertz CT molecular complexity index is 1560. The molecular formula is C23H12F4N4O. The Balaban J connectivity index is 1.85. The molecule has 0 radical (unpaired) electrons. The summed E-state index contributed by atoms with van der Waals surface area (Å²) in [5.74, 6) is -0.540. The van der Waals surface area contributed by atoms with Crippen LogP contribution < -0.4 is 5.56 Å². The quantitative estimate of drug-likeness (QED) is 0.284. The summed E-state index contributed by atoms with van der Waals surface area (Å²) < 4.78 is 54.7. The minimum Gasteiger partial charge on any atom is -0.275 e. The minimum atomic E-state index is -4.57. The molecule has 5 rings (SSSR count). The molecule has 0 fully saturated rings. The van der Waals surface area contributed by atoms with Gasteiger partial charge in [-0.1, -0.05) is 6.07 Å². The lowest BCUT2D eigenvalue weighted by atomic mass is 10.1. The molecule has 0 saturated carbocycles. The van der Waals surface area contributed by atoms with E-state index in [0.29, 0.717) is 33.2 Å². The monoisotopic (exact) mass is 436 g/mol. The van der Waals surface area contributed by atoms with Crippen molar-refractivity contribution >= 4 is 21.9 Å². The van der Waals surface area contributed by atoms with E-state index in [1.807, 2.05) is 0 Å². The highest BCUT2D eigenvalue weighted by atomic mass is 19.4. The Kier molecular flexibility index (Phi) is 4.47. The number of alkyl halides is 3. The van der Waals surface area contributed by atoms with Crippen LogP contribution in [0, 0.1) is 5.82 Å². The molecule has 0 bridgehead atoms. The molecule has 0 aliphatic rings. The minimum absolute atomic E-state index is 0.0440. The first-order valence-corrected chi connectivity index (χ1v) is 9.41. The van der Waals surface area contributed by atoms with Gasteiger partial charge in [0.15, 0.2) is 0 Å². The number of pyridine rings is 4. The second-order valence-corrected chi connectivity index (χ2v) is 7.07. The normalized spacial score (nSPS) is 11.9. The second kappa shape index (κ2) is 7.23. The van der Waals surface area contributed by atoms with E-state index in [4.69, 9.17) is 0 Å². The molecule has 0 atom stereocenters. The average Bonchev–Trinajstić information content (AvgIpc) is 2.78. The lowest BCUT2D eigenvalue weighted by Gasteiger charge is -2.14. The average molecular weight is 436 g/mol. The van der Waals surface area contributed by atoms with Gasteiger partial charge in [0.25, 0.3) is 5.56 Å². The molecule has 9 heteroatoms. The fourth-order valence-electron chi connectivity index (χ4n) is 3.56. The molecule has 0 amide bonds. The summed E-state index contributed by atoms with van der Waals surface area (Å²) in [6.45, 7) is 0. The standard InChI is InChI=1S/C23H12F4N4O/c24-16-8-14(10-28-12-16)18-5-6-19-21(30-18)22-13(11-29-19)4-7-20(32)31(22)17-3-1-2-15(9-17)23(25,26)27/h1-12H. The fraction of sp³-hybridized carbons (Fsp3) is 0.0435. The molecule has 5 nitrogen and oxygen atoms in total. The molecule has 0 N–H and O–H groups in total. The van der Waals surface area contributed by atoms with Gasteiger partial charge in [-0.15, -0.1) is 0 Å². The Morgan fingerprint density at radius 2 is 1.75 bits per heavy atom. The van der Waals surface area contributed by atoms with E-state index in [1.54, 1.807) is 12.1 Å². The van der Waals surface area contributed by atoms with E-state index in [-0.39, 0.29) is 5.69 Å². The molecule has 32 heavy (non-hydrogen) atoms. The third-order valence-corrected chi connectivity index (χ3v) is 5.00. The van der Waals surface area contributed by atoms with Gasteiger partial charge in [-0.2, -0.15) is 13.2 Å². The maximum atomic E-state index is 13.7. The highest BCUT2D eigenvalue weighted by molar-refractivity contribution is 6.02. The van der Waals surface area contributed by atoms with Gasteiger partial charge in [-0.25, -0.2) is 9.37 Å². The van der Waals surface area contributed by atoms with Crippen molar-refractivity contribution in [2.75, 3.05) is 0 Å². The van der Waals surface area contributed by atoms with Crippen LogP contribution in [0.3, 0.4) is 0 Å². The Morgan fingerprint density at radius 3 is 2.53 bits per heavy atom. The SMILES string of the molecule is O=c1ccc2cnc3ccc(-c4cncc(F)c4)nc3c2n1-c1cccc(C(F)(F)F)c1. The zero-order chi connectivity index (χ0) is 22.5. The topological polar surface area (TPSA) is 60.7 Å². The van der Waals surface area contributed by atoms with Crippen LogP contribution in [0.15, 0.2) is 78.0 Å². The summed E-state index contributed by atoms with van der Waals surface area (Å²) in [6, 6.07) is 11.8. The number of hydrogen-bond acceptors (Lipinski definition) is 4. The van der Waals surface area contributed by atoms with Crippen LogP contribution in [0.25, 0.3) is 38.9 Å². The van der Waals surface area contributed by atoms with E-state index in [9.17, 15) is 22.4 Å². The van der Waals surface area contributed by atoms with Crippen molar-refractivity contribution in [2.24, 2.45) is 0 Å². The summed E-state index contributed by atoms with van der Waals surface area (Å²) in [6.07, 6.45) is -0.543. The zero-order valence-corrected chi connectivity index (χ0v) is 16.1. The van der Waals surface area contributed by atoms with Crippen LogP contribution in [0.1, 0.15) is 5.56 Å². The number of fused-ring (bicyclic) bond motifs is 3. The Labute approximate surface area is 177 Å².